The number of aromatic nitrogens is 5. The Morgan fingerprint density at radius 3 is 3.00 bits per heavy atom. The molecule has 0 saturated carbocycles. The van der Waals surface area contributed by atoms with Crippen molar-refractivity contribution in [2.75, 3.05) is 11.2 Å². The second kappa shape index (κ2) is 6.57. The van der Waals surface area contributed by atoms with E-state index in [0.29, 0.717) is 22.9 Å². The molecule has 0 bridgehead atoms. The van der Waals surface area contributed by atoms with E-state index in [0.717, 1.165) is 25.0 Å². The maximum absolute atomic E-state index is 11.7. The second-order valence-corrected chi connectivity index (χ2v) is 5.14. The van der Waals surface area contributed by atoms with Crippen LogP contribution in [0.15, 0.2) is 35.8 Å². The zero-order chi connectivity index (χ0) is 15.4. The lowest BCUT2D eigenvalue weighted by atomic mass is 10.3. The molecule has 3 aromatic rings. The largest absolute Gasteiger partial charge is 0.334 e. The summed E-state index contributed by atoms with van der Waals surface area (Å²) < 4.78 is 1.96. The van der Waals surface area contributed by atoms with Gasteiger partial charge in [0.25, 0.3) is 5.56 Å². The van der Waals surface area contributed by atoms with E-state index in [2.05, 4.69) is 25.3 Å². The van der Waals surface area contributed by atoms with E-state index in [-0.39, 0.29) is 5.56 Å². The molecule has 0 atom stereocenters. The molecule has 3 aromatic heterocycles. The number of fused-ring (bicyclic) bond motifs is 1. The lowest BCUT2D eigenvalue weighted by molar-refractivity contribution is 0.643. The highest BCUT2D eigenvalue weighted by Crippen LogP contribution is 2.20. The summed E-state index contributed by atoms with van der Waals surface area (Å²) in [7, 11) is 0. The zero-order valence-electron chi connectivity index (χ0n) is 11.8. The molecular weight excluding hydrogens is 304 g/mol. The van der Waals surface area contributed by atoms with E-state index in [1.807, 2.05) is 4.57 Å². The summed E-state index contributed by atoms with van der Waals surface area (Å²) in [4.78, 5) is 27.2. The molecule has 3 rings (SSSR count). The van der Waals surface area contributed by atoms with E-state index in [4.69, 9.17) is 11.6 Å². The highest BCUT2D eigenvalue weighted by atomic mass is 35.5. The summed E-state index contributed by atoms with van der Waals surface area (Å²) in [5.41, 5.74) is 1.58. The van der Waals surface area contributed by atoms with Gasteiger partial charge in [-0.25, -0.2) is 15.0 Å². The summed E-state index contributed by atoms with van der Waals surface area (Å²) >= 11 is 5.70. The summed E-state index contributed by atoms with van der Waals surface area (Å²) in [5.74, 6) is 1.16. The maximum Gasteiger partial charge on any atom is 0.271 e. The first-order chi connectivity index (χ1) is 10.8. The van der Waals surface area contributed by atoms with Gasteiger partial charge in [-0.05, 0) is 25.0 Å². The number of H-pyrrole nitrogens is 1. The molecule has 0 aliphatic heterocycles. The highest BCUT2D eigenvalue weighted by molar-refractivity contribution is 6.17. The van der Waals surface area contributed by atoms with Gasteiger partial charge in [0.2, 0.25) is 0 Å². The minimum Gasteiger partial charge on any atom is -0.334 e. The van der Waals surface area contributed by atoms with Crippen molar-refractivity contribution in [1.29, 1.82) is 0 Å². The molecule has 7 nitrogen and oxygen atoms in total. The zero-order valence-corrected chi connectivity index (χ0v) is 12.5. The molecule has 0 amide bonds. The number of halogens is 1. The van der Waals surface area contributed by atoms with Gasteiger partial charge in [0.15, 0.2) is 17.0 Å². The number of hydrogen-bond donors (Lipinski definition) is 2. The normalized spacial score (nSPS) is 11.0. The van der Waals surface area contributed by atoms with Gasteiger partial charge in [0.1, 0.15) is 12.0 Å². The number of aryl methyl sites for hydroxylation is 1. The Morgan fingerprint density at radius 1 is 1.27 bits per heavy atom. The van der Waals surface area contributed by atoms with Crippen LogP contribution in [-0.2, 0) is 6.54 Å². The number of imidazole rings is 1. The topological polar surface area (TPSA) is 88.5 Å². The first kappa shape index (κ1) is 14.5. The quantitative estimate of drug-likeness (QED) is 0.537. The average molecular weight is 319 g/mol. The third-order valence-corrected chi connectivity index (χ3v) is 3.52. The molecule has 22 heavy (non-hydrogen) atoms. The molecule has 0 unspecified atom stereocenters. The molecule has 3 heterocycles. The lowest BCUT2D eigenvalue weighted by Gasteiger charge is -2.05. The van der Waals surface area contributed by atoms with Crippen LogP contribution in [0.25, 0.3) is 11.2 Å². The van der Waals surface area contributed by atoms with Gasteiger partial charge in [-0.15, -0.1) is 11.6 Å². The molecule has 114 valence electrons. The number of nitrogens with one attached hydrogen (secondary N) is 2. The smallest absolute Gasteiger partial charge is 0.271 e. The van der Waals surface area contributed by atoms with E-state index < -0.39 is 0 Å². The third kappa shape index (κ3) is 2.94. The van der Waals surface area contributed by atoms with Crippen LogP contribution < -0.4 is 10.9 Å². The van der Waals surface area contributed by atoms with Crippen LogP contribution in [0.1, 0.15) is 12.8 Å². The van der Waals surface area contributed by atoms with Crippen molar-refractivity contribution in [2.24, 2.45) is 0 Å². The molecule has 0 aliphatic carbocycles. The maximum atomic E-state index is 11.7. The van der Waals surface area contributed by atoms with Crippen LogP contribution in [0.3, 0.4) is 0 Å². The van der Waals surface area contributed by atoms with Crippen LogP contribution >= 0.6 is 11.6 Å². The van der Waals surface area contributed by atoms with Crippen LogP contribution in [0.2, 0.25) is 0 Å². The van der Waals surface area contributed by atoms with Crippen molar-refractivity contribution in [1.82, 2.24) is 24.5 Å². The summed E-state index contributed by atoms with van der Waals surface area (Å²) in [5, 5.41) is 3.00. The molecule has 0 aromatic carbocycles. The van der Waals surface area contributed by atoms with Gasteiger partial charge < -0.3 is 14.9 Å². The monoisotopic (exact) mass is 318 g/mol. The summed E-state index contributed by atoms with van der Waals surface area (Å²) in [6.07, 6.45) is 6.67. The van der Waals surface area contributed by atoms with E-state index >= 15 is 0 Å². The first-order valence-corrected chi connectivity index (χ1v) is 7.49. The van der Waals surface area contributed by atoms with E-state index in [9.17, 15) is 4.79 Å². The van der Waals surface area contributed by atoms with Crippen molar-refractivity contribution in [2.45, 2.75) is 19.4 Å². The predicted molar refractivity (Wildman–Crippen MR) is 85.6 cm³/mol. The molecule has 8 heteroatoms. The number of hydrogen-bond acceptors (Lipinski definition) is 5. The fourth-order valence-electron chi connectivity index (χ4n) is 2.16. The van der Waals surface area contributed by atoms with Gasteiger partial charge >= 0.3 is 0 Å². The fourth-order valence-corrected chi connectivity index (χ4v) is 2.35. The molecule has 2 N–H and O–H groups in total. The van der Waals surface area contributed by atoms with E-state index in [1.165, 1.54) is 6.33 Å². The van der Waals surface area contributed by atoms with Crippen molar-refractivity contribution >= 4 is 34.3 Å². The number of unbranched alkanes of at least 4 members (excludes halogenated alkanes) is 1. The van der Waals surface area contributed by atoms with Gasteiger partial charge in [0, 0.05) is 18.6 Å². The minimum absolute atomic E-state index is 0.212. The Hall–Kier alpha value is -2.41. The Balaban J connectivity index is 1.91. The summed E-state index contributed by atoms with van der Waals surface area (Å²) in [6, 6.07) is 3.43. The standard InChI is InChI=1S/C14H15ClN6O/c15-5-1-2-7-21-9-19-11-12(17-8-18-13(11)21)20-10-4-3-6-16-14(10)22/h3-4,6,8-9H,1-2,5,7H2,(H,16,22)(H,17,18,20). The number of rotatable bonds is 6. The Morgan fingerprint density at radius 2 is 2.18 bits per heavy atom. The predicted octanol–water partition coefficient (Wildman–Crippen LogP) is 2.28. The van der Waals surface area contributed by atoms with Gasteiger partial charge in [0.05, 0.1) is 6.33 Å². The Labute approximate surface area is 131 Å². The lowest BCUT2D eigenvalue weighted by Crippen LogP contribution is -2.11. The first-order valence-electron chi connectivity index (χ1n) is 6.96. The van der Waals surface area contributed by atoms with Crippen LogP contribution in [-0.4, -0.2) is 30.4 Å². The van der Waals surface area contributed by atoms with Gasteiger partial charge in [-0.1, -0.05) is 0 Å². The van der Waals surface area contributed by atoms with Crippen LogP contribution in [0.4, 0.5) is 11.5 Å². The Kier molecular flexibility index (Phi) is 4.34. The van der Waals surface area contributed by atoms with Crippen molar-refractivity contribution in [3.8, 4) is 0 Å². The molecule has 0 radical (unpaired) electrons. The summed E-state index contributed by atoms with van der Waals surface area (Å²) in [6.45, 7) is 0.797. The molecule has 0 saturated heterocycles. The molecule has 0 spiro atoms. The molecule has 0 fully saturated rings. The van der Waals surface area contributed by atoms with Crippen molar-refractivity contribution in [3.63, 3.8) is 0 Å². The molecular formula is C14H15ClN6O. The Bertz CT molecular complexity index is 827. The minimum atomic E-state index is -0.212. The number of nitrogens with zero attached hydrogens (tertiary/aromatic N) is 4. The number of aromatic amines is 1. The second-order valence-electron chi connectivity index (χ2n) is 4.77. The highest BCUT2D eigenvalue weighted by Gasteiger charge is 2.11. The fraction of sp³-hybridized carbons (Fsp3) is 0.286. The average Bonchev–Trinajstić information content (AvgIpc) is 2.94. The van der Waals surface area contributed by atoms with E-state index in [1.54, 1.807) is 24.7 Å². The third-order valence-electron chi connectivity index (χ3n) is 3.26. The SMILES string of the molecule is O=c1[nH]cccc1Nc1ncnc2c1ncn2CCCCCl. The number of anilines is 2. The number of pyridine rings is 1. The van der Waals surface area contributed by atoms with Crippen LogP contribution in [0, 0.1) is 0 Å². The van der Waals surface area contributed by atoms with Crippen molar-refractivity contribution in [3.05, 3.63) is 41.3 Å². The molecule has 0 aliphatic rings. The van der Waals surface area contributed by atoms with Gasteiger partial charge in [-0.2, -0.15) is 0 Å². The number of alkyl halides is 1. The van der Waals surface area contributed by atoms with Gasteiger partial charge in [-0.3, -0.25) is 4.79 Å². The van der Waals surface area contributed by atoms with Crippen LogP contribution in [0.5, 0.6) is 0 Å². The van der Waals surface area contributed by atoms with Crippen molar-refractivity contribution < 1.29 is 0 Å².